The fourth-order valence-electron chi connectivity index (χ4n) is 1.88. The monoisotopic (exact) mass is 276 g/mol. The van der Waals surface area contributed by atoms with Gasteiger partial charge in [0, 0.05) is 6.42 Å². The molecule has 0 aromatic heterocycles. The predicted molar refractivity (Wildman–Crippen MR) is 62.2 cm³/mol. The van der Waals surface area contributed by atoms with Gasteiger partial charge in [-0.1, -0.05) is 17.7 Å². The molecule has 1 aromatic rings. The van der Waals surface area contributed by atoms with E-state index < -0.39 is 22.1 Å². The summed E-state index contributed by atoms with van der Waals surface area (Å²) in [6.07, 6.45) is -1.78. The van der Waals surface area contributed by atoms with E-state index in [1.54, 1.807) is 19.1 Å². The molecule has 18 heavy (non-hydrogen) atoms. The van der Waals surface area contributed by atoms with Crippen molar-refractivity contribution in [3.05, 3.63) is 29.3 Å². The van der Waals surface area contributed by atoms with Gasteiger partial charge in [-0.3, -0.25) is 4.18 Å². The Bertz CT molecular complexity index is 567. The van der Waals surface area contributed by atoms with E-state index in [0.717, 1.165) is 5.56 Å². The minimum Gasteiger partial charge on any atom is -0.257 e. The first-order chi connectivity index (χ1) is 8.22. The minimum absolute atomic E-state index is 0.0456. The van der Waals surface area contributed by atoms with Gasteiger partial charge in [0.05, 0.1) is 4.90 Å². The summed E-state index contributed by atoms with van der Waals surface area (Å²) in [7, 11) is -4.12. The van der Waals surface area contributed by atoms with Crippen LogP contribution in [0.25, 0.3) is 0 Å². The van der Waals surface area contributed by atoms with Gasteiger partial charge < -0.3 is 0 Å². The topological polar surface area (TPSA) is 43.4 Å². The number of halogens is 2. The number of rotatable bonds is 3. The number of benzene rings is 1. The van der Waals surface area contributed by atoms with Gasteiger partial charge in [-0.15, -0.1) is 0 Å². The Kier molecular flexibility index (Phi) is 3.19. The largest absolute Gasteiger partial charge is 0.297 e. The van der Waals surface area contributed by atoms with Crippen molar-refractivity contribution in [2.45, 2.75) is 43.6 Å². The van der Waals surface area contributed by atoms with Crippen molar-refractivity contribution < 1.29 is 21.4 Å². The molecule has 2 rings (SSSR count). The van der Waals surface area contributed by atoms with Crippen LogP contribution in [0.5, 0.6) is 0 Å². The Labute approximate surface area is 105 Å². The summed E-state index contributed by atoms with van der Waals surface area (Å²) < 4.78 is 54.5. The zero-order valence-corrected chi connectivity index (χ0v) is 10.9. The van der Waals surface area contributed by atoms with Crippen molar-refractivity contribution in [1.29, 1.82) is 0 Å². The highest BCUT2D eigenvalue weighted by Gasteiger charge is 2.51. The molecule has 0 aliphatic heterocycles. The van der Waals surface area contributed by atoms with Crippen LogP contribution >= 0.6 is 0 Å². The van der Waals surface area contributed by atoms with Gasteiger partial charge >= 0.3 is 0 Å². The standard InChI is InChI=1S/C12H14F2O3S/c1-8-3-4-10(9(2)7-8)18(15,16)17-11-5-6-12(11,13)14/h3-4,7,11H,5-6H2,1-2H3. The van der Waals surface area contributed by atoms with Gasteiger partial charge in [-0.05, 0) is 31.9 Å². The van der Waals surface area contributed by atoms with Gasteiger partial charge in [-0.25, -0.2) is 8.78 Å². The first kappa shape index (κ1) is 13.4. The van der Waals surface area contributed by atoms with Crippen LogP contribution in [0.2, 0.25) is 0 Å². The highest BCUT2D eigenvalue weighted by molar-refractivity contribution is 7.86. The number of aryl methyl sites for hydroxylation is 2. The average molecular weight is 276 g/mol. The summed E-state index contributed by atoms with van der Waals surface area (Å²) in [5.41, 5.74) is 1.40. The third-order valence-electron chi connectivity index (χ3n) is 3.05. The van der Waals surface area contributed by atoms with Crippen LogP contribution in [0.15, 0.2) is 23.1 Å². The summed E-state index contributed by atoms with van der Waals surface area (Å²) in [6.45, 7) is 3.44. The molecular weight excluding hydrogens is 262 g/mol. The minimum atomic E-state index is -4.12. The quantitative estimate of drug-likeness (QED) is 0.797. The lowest BCUT2D eigenvalue weighted by Crippen LogP contribution is -2.46. The van der Waals surface area contributed by atoms with E-state index in [1.807, 2.05) is 6.92 Å². The summed E-state index contributed by atoms with van der Waals surface area (Å²) in [5.74, 6) is -3.04. The van der Waals surface area contributed by atoms with E-state index in [0.29, 0.717) is 5.56 Å². The van der Waals surface area contributed by atoms with Crippen LogP contribution in [0, 0.1) is 13.8 Å². The van der Waals surface area contributed by atoms with Crippen LogP contribution in [-0.4, -0.2) is 20.4 Å². The molecule has 1 saturated carbocycles. The third-order valence-corrected chi connectivity index (χ3v) is 4.54. The Hall–Kier alpha value is -1.01. The second-order valence-electron chi connectivity index (χ2n) is 4.61. The molecule has 0 heterocycles. The molecule has 1 aliphatic rings. The van der Waals surface area contributed by atoms with Gasteiger partial charge in [-0.2, -0.15) is 8.42 Å². The lowest BCUT2D eigenvalue weighted by molar-refractivity contribution is -0.161. The fraction of sp³-hybridized carbons (Fsp3) is 0.500. The highest BCUT2D eigenvalue weighted by Crippen LogP contribution is 2.41. The first-order valence-electron chi connectivity index (χ1n) is 5.61. The molecule has 1 unspecified atom stereocenters. The van der Waals surface area contributed by atoms with Crippen molar-refractivity contribution in [2.75, 3.05) is 0 Å². The third kappa shape index (κ3) is 2.40. The van der Waals surface area contributed by atoms with E-state index >= 15 is 0 Å². The molecule has 1 aliphatic carbocycles. The highest BCUT2D eigenvalue weighted by atomic mass is 32.2. The average Bonchev–Trinajstić information content (AvgIpc) is 2.24. The second-order valence-corrected chi connectivity index (χ2v) is 6.15. The second kappa shape index (κ2) is 4.28. The molecule has 0 amide bonds. The molecule has 1 fully saturated rings. The molecule has 0 radical (unpaired) electrons. The van der Waals surface area contributed by atoms with Crippen LogP contribution in [-0.2, 0) is 14.3 Å². The van der Waals surface area contributed by atoms with Crippen LogP contribution in [0.1, 0.15) is 24.0 Å². The van der Waals surface area contributed by atoms with Crippen molar-refractivity contribution in [2.24, 2.45) is 0 Å². The molecule has 100 valence electrons. The number of hydrogen-bond donors (Lipinski definition) is 0. The maximum atomic E-state index is 13.0. The van der Waals surface area contributed by atoms with E-state index in [-0.39, 0.29) is 17.7 Å². The molecule has 0 spiro atoms. The Morgan fingerprint density at radius 3 is 2.44 bits per heavy atom. The van der Waals surface area contributed by atoms with Crippen molar-refractivity contribution in [3.8, 4) is 0 Å². The van der Waals surface area contributed by atoms with Gasteiger partial charge in [0.25, 0.3) is 16.0 Å². The summed E-state index contributed by atoms with van der Waals surface area (Å²) in [6, 6.07) is 4.67. The molecule has 6 heteroatoms. The fourth-order valence-corrected chi connectivity index (χ4v) is 3.22. The van der Waals surface area contributed by atoms with Crippen molar-refractivity contribution >= 4 is 10.1 Å². The SMILES string of the molecule is Cc1ccc(S(=O)(=O)OC2CCC2(F)F)c(C)c1. The molecule has 0 bridgehead atoms. The zero-order chi connectivity index (χ0) is 13.6. The van der Waals surface area contributed by atoms with E-state index in [9.17, 15) is 17.2 Å². The summed E-state index contributed by atoms with van der Waals surface area (Å²) in [5, 5.41) is 0. The molecule has 0 saturated heterocycles. The molecule has 3 nitrogen and oxygen atoms in total. The van der Waals surface area contributed by atoms with Crippen LogP contribution < -0.4 is 0 Å². The molecular formula is C12H14F2O3S. The van der Waals surface area contributed by atoms with Gasteiger partial charge in [0.1, 0.15) is 6.10 Å². The van der Waals surface area contributed by atoms with Crippen LogP contribution in [0.3, 0.4) is 0 Å². The van der Waals surface area contributed by atoms with E-state index in [4.69, 9.17) is 0 Å². The van der Waals surface area contributed by atoms with Gasteiger partial charge in [0.15, 0.2) is 0 Å². The maximum absolute atomic E-state index is 13.0. The van der Waals surface area contributed by atoms with Crippen LogP contribution in [0.4, 0.5) is 8.78 Å². The number of hydrogen-bond acceptors (Lipinski definition) is 3. The molecule has 0 N–H and O–H groups in total. The lowest BCUT2D eigenvalue weighted by Gasteiger charge is -2.34. The zero-order valence-electron chi connectivity index (χ0n) is 10.1. The Morgan fingerprint density at radius 1 is 1.33 bits per heavy atom. The smallest absolute Gasteiger partial charge is 0.257 e. The number of alkyl halides is 2. The lowest BCUT2D eigenvalue weighted by atomic mass is 9.91. The van der Waals surface area contributed by atoms with Crippen molar-refractivity contribution in [3.63, 3.8) is 0 Å². The van der Waals surface area contributed by atoms with E-state index in [2.05, 4.69) is 4.18 Å². The predicted octanol–water partition coefficient (Wildman–Crippen LogP) is 2.81. The Morgan fingerprint density at radius 2 is 2.00 bits per heavy atom. The normalized spacial score (nSPS) is 22.6. The molecule has 1 atom stereocenters. The van der Waals surface area contributed by atoms with Crippen molar-refractivity contribution in [1.82, 2.24) is 0 Å². The summed E-state index contributed by atoms with van der Waals surface area (Å²) >= 11 is 0. The first-order valence-corrected chi connectivity index (χ1v) is 7.01. The van der Waals surface area contributed by atoms with Gasteiger partial charge in [0.2, 0.25) is 0 Å². The van der Waals surface area contributed by atoms with E-state index in [1.165, 1.54) is 6.07 Å². The maximum Gasteiger partial charge on any atom is 0.297 e. The molecule has 1 aromatic carbocycles. The Balaban J connectivity index is 2.26. The summed E-state index contributed by atoms with van der Waals surface area (Å²) in [4.78, 5) is -0.0456.